The van der Waals surface area contributed by atoms with Crippen molar-refractivity contribution in [3.05, 3.63) is 30.5 Å². The molecule has 3 rings (SSSR count). The number of ether oxygens (including phenoxy) is 2. The van der Waals surface area contributed by atoms with Gasteiger partial charge in [-0.2, -0.15) is 0 Å². The maximum atomic E-state index is 5.56. The van der Waals surface area contributed by atoms with Gasteiger partial charge in [0.25, 0.3) is 0 Å². The molecule has 1 N–H and O–H groups in total. The first-order valence-corrected chi connectivity index (χ1v) is 6.40. The van der Waals surface area contributed by atoms with Crippen LogP contribution in [0.25, 0.3) is 10.9 Å². The Hall–Kier alpha value is -1.72. The van der Waals surface area contributed by atoms with E-state index in [0.717, 1.165) is 23.9 Å². The summed E-state index contributed by atoms with van der Waals surface area (Å²) in [5, 5.41) is 4.28. The molecule has 1 fully saturated rings. The Bertz CT molecular complexity index is 567. The second kappa shape index (κ2) is 5.11. The molecule has 0 radical (unpaired) electrons. The third-order valence-corrected chi connectivity index (χ3v) is 3.56. The summed E-state index contributed by atoms with van der Waals surface area (Å²) in [6.45, 7) is 2.01. The van der Waals surface area contributed by atoms with Gasteiger partial charge >= 0.3 is 0 Å². The molecule has 0 amide bonds. The van der Waals surface area contributed by atoms with Crippen LogP contribution < -0.4 is 5.32 Å². The maximum absolute atomic E-state index is 5.56. The molecule has 2 heterocycles. The van der Waals surface area contributed by atoms with Gasteiger partial charge < -0.3 is 14.8 Å². The van der Waals surface area contributed by atoms with Gasteiger partial charge in [-0.1, -0.05) is 18.2 Å². The van der Waals surface area contributed by atoms with E-state index in [1.54, 1.807) is 7.11 Å². The van der Waals surface area contributed by atoms with Gasteiger partial charge in [0, 0.05) is 38.3 Å². The van der Waals surface area contributed by atoms with Crippen molar-refractivity contribution in [1.82, 2.24) is 9.97 Å². The first kappa shape index (κ1) is 12.3. The Morgan fingerprint density at radius 3 is 3.11 bits per heavy atom. The van der Waals surface area contributed by atoms with E-state index in [1.165, 1.54) is 0 Å². The lowest BCUT2D eigenvalue weighted by molar-refractivity contribution is -0.00630. The minimum absolute atomic E-state index is 0.255. The van der Waals surface area contributed by atoms with Gasteiger partial charge in [0.1, 0.15) is 5.60 Å². The van der Waals surface area contributed by atoms with Crippen LogP contribution in [0.5, 0.6) is 0 Å². The lowest BCUT2D eigenvalue weighted by atomic mass is 10.0. The Balaban J connectivity index is 1.74. The van der Waals surface area contributed by atoms with Crippen LogP contribution in [0.2, 0.25) is 0 Å². The van der Waals surface area contributed by atoms with Crippen LogP contribution in [0.1, 0.15) is 6.42 Å². The van der Waals surface area contributed by atoms with E-state index >= 15 is 0 Å². The van der Waals surface area contributed by atoms with Gasteiger partial charge in [-0.3, -0.25) is 0 Å². The summed E-state index contributed by atoms with van der Waals surface area (Å²) in [7, 11) is 1.72. The van der Waals surface area contributed by atoms with Crippen molar-refractivity contribution < 1.29 is 9.47 Å². The number of hydrogen-bond acceptors (Lipinski definition) is 5. The Kier molecular flexibility index (Phi) is 3.31. The summed E-state index contributed by atoms with van der Waals surface area (Å²) < 4.78 is 11.0. The number of rotatable bonds is 4. The molecule has 1 aromatic heterocycles. The SMILES string of the molecule is COC1(CNc2ncc3ccccc3n2)CCOC1. The maximum Gasteiger partial charge on any atom is 0.223 e. The number of para-hydroxylation sites is 1. The number of benzene rings is 1. The number of anilines is 1. The minimum Gasteiger partial charge on any atom is -0.378 e. The molecule has 100 valence electrons. The van der Waals surface area contributed by atoms with Gasteiger partial charge in [-0.15, -0.1) is 0 Å². The molecule has 1 aliphatic rings. The van der Waals surface area contributed by atoms with Crippen molar-refractivity contribution in [2.24, 2.45) is 0 Å². The highest BCUT2D eigenvalue weighted by Crippen LogP contribution is 2.22. The zero-order valence-electron chi connectivity index (χ0n) is 10.9. The second-order valence-corrected chi connectivity index (χ2v) is 4.80. The van der Waals surface area contributed by atoms with Gasteiger partial charge in [0.05, 0.1) is 12.1 Å². The topological polar surface area (TPSA) is 56.3 Å². The van der Waals surface area contributed by atoms with E-state index in [9.17, 15) is 0 Å². The summed E-state index contributed by atoms with van der Waals surface area (Å²) in [6, 6.07) is 7.93. The zero-order valence-corrected chi connectivity index (χ0v) is 10.9. The Labute approximate surface area is 112 Å². The molecule has 5 nitrogen and oxygen atoms in total. The third kappa shape index (κ3) is 2.52. The highest BCUT2D eigenvalue weighted by Gasteiger charge is 2.34. The lowest BCUT2D eigenvalue weighted by Crippen LogP contribution is -2.39. The van der Waals surface area contributed by atoms with Crippen LogP contribution in [0.15, 0.2) is 30.5 Å². The molecule has 0 bridgehead atoms. The van der Waals surface area contributed by atoms with Crippen LogP contribution >= 0.6 is 0 Å². The minimum atomic E-state index is -0.255. The predicted octanol–water partition coefficient (Wildman–Crippen LogP) is 1.85. The predicted molar refractivity (Wildman–Crippen MR) is 73.2 cm³/mol. The van der Waals surface area contributed by atoms with Crippen molar-refractivity contribution in [2.45, 2.75) is 12.0 Å². The summed E-state index contributed by atoms with van der Waals surface area (Å²) in [4.78, 5) is 8.80. The van der Waals surface area contributed by atoms with Crippen LogP contribution in [0.4, 0.5) is 5.95 Å². The largest absolute Gasteiger partial charge is 0.378 e. The molecule has 1 atom stereocenters. The molecule has 5 heteroatoms. The quantitative estimate of drug-likeness (QED) is 0.908. The summed E-state index contributed by atoms with van der Waals surface area (Å²) in [6.07, 6.45) is 2.72. The van der Waals surface area contributed by atoms with Crippen LogP contribution in [-0.2, 0) is 9.47 Å². The number of fused-ring (bicyclic) bond motifs is 1. The molecule has 1 saturated heterocycles. The third-order valence-electron chi connectivity index (χ3n) is 3.56. The molecule has 1 aliphatic heterocycles. The summed E-state index contributed by atoms with van der Waals surface area (Å²) in [5.41, 5.74) is 0.684. The van der Waals surface area contributed by atoms with Gasteiger partial charge in [-0.05, 0) is 6.07 Å². The number of hydrogen-bond donors (Lipinski definition) is 1. The molecular formula is C14H17N3O2. The first-order valence-electron chi connectivity index (χ1n) is 6.40. The van der Waals surface area contributed by atoms with Gasteiger partial charge in [0.15, 0.2) is 0 Å². The van der Waals surface area contributed by atoms with Gasteiger partial charge in [-0.25, -0.2) is 9.97 Å². The number of nitrogens with one attached hydrogen (secondary N) is 1. The fourth-order valence-corrected chi connectivity index (χ4v) is 2.26. The Morgan fingerprint density at radius 1 is 1.42 bits per heavy atom. The smallest absolute Gasteiger partial charge is 0.223 e. The standard InChI is InChI=1S/C14H17N3O2/c1-18-14(6-7-19-10-14)9-16-13-15-8-11-4-2-3-5-12(11)17-13/h2-5,8H,6-7,9-10H2,1H3,(H,15,16,17). The van der Waals surface area contributed by atoms with Crippen molar-refractivity contribution in [1.29, 1.82) is 0 Å². The fraction of sp³-hybridized carbons (Fsp3) is 0.429. The number of nitrogens with zero attached hydrogens (tertiary/aromatic N) is 2. The van der Waals surface area contributed by atoms with E-state index in [1.807, 2.05) is 30.5 Å². The van der Waals surface area contributed by atoms with E-state index in [4.69, 9.17) is 9.47 Å². The van der Waals surface area contributed by atoms with E-state index in [-0.39, 0.29) is 5.60 Å². The number of methoxy groups -OCH3 is 1. The van der Waals surface area contributed by atoms with Crippen LogP contribution in [-0.4, -0.2) is 42.4 Å². The summed E-state index contributed by atoms with van der Waals surface area (Å²) in [5.74, 6) is 0.627. The molecule has 0 saturated carbocycles. The average molecular weight is 259 g/mol. The van der Waals surface area contributed by atoms with Crippen LogP contribution in [0.3, 0.4) is 0 Å². The fourth-order valence-electron chi connectivity index (χ4n) is 2.26. The number of aromatic nitrogens is 2. The zero-order chi connectivity index (χ0) is 13.1. The van der Waals surface area contributed by atoms with Crippen molar-refractivity contribution >= 4 is 16.9 Å². The molecule has 1 aromatic carbocycles. The van der Waals surface area contributed by atoms with Crippen molar-refractivity contribution in [3.8, 4) is 0 Å². The molecule has 0 aliphatic carbocycles. The highest BCUT2D eigenvalue weighted by molar-refractivity contribution is 5.78. The Morgan fingerprint density at radius 2 is 2.32 bits per heavy atom. The summed E-state index contributed by atoms with van der Waals surface area (Å²) >= 11 is 0. The highest BCUT2D eigenvalue weighted by atomic mass is 16.5. The van der Waals surface area contributed by atoms with E-state index < -0.39 is 0 Å². The van der Waals surface area contributed by atoms with Gasteiger partial charge in [0.2, 0.25) is 5.95 Å². The van der Waals surface area contributed by atoms with E-state index in [0.29, 0.717) is 19.1 Å². The first-order chi connectivity index (χ1) is 9.31. The average Bonchev–Trinajstić information content (AvgIpc) is 2.94. The molecule has 2 aromatic rings. The molecule has 1 unspecified atom stereocenters. The molecular weight excluding hydrogens is 242 g/mol. The van der Waals surface area contributed by atoms with Crippen LogP contribution in [0, 0.1) is 0 Å². The molecule has 0 spiro atoms. The monoisotopic (exact) mass is 259 g/mol. The van der Waals surface area contributed by atoms with Crippen molar-refractivity contribution in [2.75, 3.05) is 32.2 Å². The normalized spacial score (nSPS) is 22.8. The second-order valence-electron chi connectivity index (χ2n) is 4.80. The lowest BCUT2D eigenvalue weighted by Gasteiger charge is -2.25. The van der Waals surface area contributed by atoms with E-state index in [2.05, 4.69) is 15.3 Å². The van der Waals surface area contributed by atoms with Crippen molar-refractivity contribution in [3.63, 3.8) is 0 Å². The molecule has 19 heavy (non-hydrogen) atoms.